The van der Waals surface area contributed by atoms with Crippen molar-refractivity contribution in [2.45, 2.75) is 24.9 Å². The van der Waals surface area contributed by atoms with Crippen LogP contribution in [0.5, 0.6) is 17.2 Å². The van der Waals surface area contributed by atoms with Crippen LogP contribution in [0, 0.1) is 10.1 Å². The third-order valence-corrected chi connectivity index (χ3v) is 6.27. The number of likely N-dealkylation sites (tertiary alicyclic amines) is 1. The molecule has 0 saturated carbocycles. The van der Waals surface area contributed by atoms with Gasteiger partial charge in [-0.3, -0.25) is 19.7 Å². The largest absolute Gasteiger partial charge is 0.496 e. The number of ketones is 1. The number of nitro benzene ring substituents is 1. The number of Topliss-reactive ketones (excluding diaryl/α,β-unsaturated/α-hetero) is 1. The molecule has 0 aliphatic carbocycles. The number of amides is 1. The maximum Gasteiger partial charge on any atom is 0.270 e. The average molecular weight is 461 g/mol. The Morgan fingerprint density at radius 1 is 1.19 bits per heavy atom. The fraction of sp³-hybridized carbons (Fsp3) is 0.364. The van der Waals surface area contributed by atoms with E-state index in [1.54, 1.807) is 17.0 Å². The zero-order valence-corrected chi connectivity index (χ0v) is 18.3. The van der Waals surface area contributed by atoms with E-state index >= 15 is 0 Å². The van der Waals surface area contributed by atoms with Gasteiger partial charge in [0.05, 0.1) is 36.1 Å². The molecule has 1 saturated heterocycles. The van der Waals surface area contributed by atoms with E-state index in [-0.39, 0.29) is 34.4 Å². The van der Waals surface area contributed by atoms with Gasteiger partial charge in [-0.2, -0.15) is 0 Å². The lowest BCUT2D eigenvalue weighted by Gasteiger charge is -2.44. The van der Waals surface area contributed by atoms with Gasteiger partial charge >= 0.3 is 0 Å². The van der Waals surface area contributed by atoms with Gasteiger partial charge < -0.3 is 19.1 Å². The highest BCUT2D eigenvalue weighted by Gasteiger charge is 2.45. The Bertz CT molecular complexity index is 1110. The average Bonchev–Trinajstić information content (AvgIpc) is 2.78. The van der Waals surface area contributed by atoms with Gasteiger partial charge in [0.25, 0.3) is 11.6 Å². The predicted molar refractivity (Wildman–Crippen MR) is 115 cm³/mol. The number of carbonyl (C=O) groups is 2. The van der Waals surface area contributed by atoms with Crippen LogP contribution in [0.25, 0.3) is 0 Å². The van der Waals surface area contributed by atoms with E-state index < -0.39 is 10.5 Å². The summed E-state index contributed by atoms with van der Waals surface area (Å²) in [5, 5.41) is 11.2. The number of hydrogen-bond acceptors (Lipinski definition) is 7. The molecule has 2 aromatic carbocycles. The molecular formula is C22H21ClN2O7. The van der Waals surface area contributed by atoms with Gasteiger partial charge in [0, 0.05) is 50.2 Å². The number of non-ortho nitro benzene ring substituents is 1. The normalized spacial score (nSPS) is 16.8. The molecule has 0 radical (unpaired) electrons. The Labute approximate surface area is 189 Å². The summed E-state index contributed by atoms with van der Waals surface area (Å²) < 4.78 is 16.9. The summed E-state index contributed by atoms with van der Waals surface area (Å²) in [5.41, 5.74) is -0.477. The van der Waals surface area contributed by atoms with E-state index in [1.165, 1.54) is 32.4 Å². The molecule has 0 atom stereocenters. The number of piperidine rings is 1. The van der Waals surface area contributed by atoms with E-state index in [0.717, 1.165) is 0 Å². The van der Waals surface area contributed by atoms with E-state index in [9.17, 15) is 19.7 Å². The lowest BCUT2D eigenvalue weighted by Crippen LogP contribution is -2.52. The molecule has 4 rings (SSSR count). The highest BCUT2D eigenvalue weighted by atomic mass is 35.5. The second-order valence-electron chi connectivity index (χ2n) is 7.80. The Morgan fingerprint density at radius 2 is 1.91 bits per heavy atom. The van der Waals surface area contributed by atoms with Crippen molar-refractivity contribution in [2.75, 3.05) is 27.3 Å². The standard InChI is InChI=1S/C22H21ClN2O7/c1-30-14-10-18(31-2)20-17(26)12-22(32-19(20)11-14)5-7-24(8-6-22)21(27)15-9-13(25(28)29)3-4-16(15)23/h3-4,9-11H,5-8,12H2,1-2H3. The number of rotatable bonds is 4. The van der Waals surface area contributed by atoms with Crippen LogP contribution in [0.4, 0.5) is 5.69 Å². The monoisotopic (exact) mass is 460 g/mol. The number of carbonyl (C=O) groups excluding carboxylic acids is 2. The zero-order chi connectivity index (χ0) is 23.0. The van der Waals surface area contributed by atoms with E-state index in [4.69, 9.17) is 25.8 Å². The number of hydrogen-bond donors (Lipinski definition) is 0. The van der Waals surface area contributed by atoms with E-state index in [2.05, 4.69) is 0 Å². The van der Waals surface area contributed by atoms with Crippen molar-refractivity contribution in [1.29, 1.82) is 0 Å². The number of methoxy groups -OCH3 is 2. The van der Waals surface area contributed by atoms with Crippen molar-refractivity contribution in [1.82, 2.24) is 4.90 Å². The van der Waals surface area contributed by atoms with Crippen molar-refractivity contribution >= 4 is 29.0 Å². The first-order chi connectivity index (χ1) is 15.3. The predicted octanol–water partition coefficient (Wildman–Crippen LogP) is 3.91. The lowest BCUT2D eigenvalue weighted by molar-refractivity contribution is -0.384. The first-order valence-electron chi connectivity index (χ1n) is 9.98. The van der Waals surface area contributed by atoms with Crippen LogP contribution in [-0.2, 0) is 0 Å². The number of benzene rings is 2. The number of nitrogens with zero attached hydrogens (tertiary/aromatic N) is 2. The highest BCUT2D eigenvalue weighted by Crippen LogP contribution is 2.45. The molecule has 1 spiro atoms. The van der Waals surface area contributed by atoms with Crippen LogP contribution < -0.4 is 14.2 Å². The number of fused-ring (bicyclic) bond motifs is 1. The van der Waals surface area contributed by atoms with Crippen molar-refractivity contribution < 1.29 is 28.7 Å². The third-order valence-electron chi connectivity index (χ3n) is 5.94. The second kappa shape index (κ2) is 8.31. The SMILES string of the molecule is COc1cc(OC)c2c(c1)OC1(CCN(C(=O)c3cc([N+](=O)[O-])ccc3Cl)CC1)CC2=O. The fourth-order valence-corrected chi connectivity index (χ4v) is 4.41. The minimum absolute atomic E-state index is 0.0808. The Hall–Kier alpha value is -3.33. The van der Waals surface area contributed by atoms with Gasteiger partial charge in [-0.05, 0) is 6.07 Å². The zero-order valence-electron chi connectivity index (χ0n) is 17.6. The van der Waals surface area contributed by atoms with Crippen LogP contribution >= 0.6 is 11.6 Å². The van der Waals surface area contributed by atoms with Crippen molar-refractivity contribution in [3.05, 3.63) is 56.6 Å². The smallest absolute Gasteiger partial charge is 0.270 e. The summed E-state index contributed by atoms with van der Waals surface area (Å²) >= 11 is 6.13. The number of ether oxygens (including phenoxy) is 3. The molecule has 0 N–H and O–H groups in total. The van der Waals surface area contributed by atoms with Crippen LogP contribution in [-0.4, -0.2) is 54.4 Å². The molecule has 1 fully saturated rings. The summed E-state index contributed by atoms with van der Waals surface area (Å²) in [6.07, 6.45) is 1.02. The molecule has 0 bridgehead atoms. The van der Waals surface area contributed by atoms with Crippen molar-refractivity contribution in [3.8, 4) is 17.2 Å². The van der Waals surface area contributed by atoms with Crippen LogP contribution in [0.3, 0.4) is 0 Å². The molecule has 2 aliphatic rings. The molecule has 1 amide bonds. The topological polar surface area (TPSA) is 108 Å². The maximum absolute atomic E-state index is 13.0. The minimum Gasteiger partial charge on any atom is -0.496 e. The van der Waals surface area contributed by atoms with Crippen LogP contribution in [0.2, 0.25) is 5.02 Å². The molecule has 2 heterocycles. The van der Waals surface area contributed by atoms with Gasteiger partial charge in [0.1, 0.15) is 28.4 Å². The first kappa shape index (κ1) is 21.9. The van der Waals surface area contributed by atoms with Gasteiger partial charge in [0.2, 0.25) is 0 Å². The maximum atomic E-state index is 13.0. The molecular weight excluding hydrogens is 440 g/mol. The van der Waals surface area contributed by atoms with Crippen LogP contribution in [0.15, 0.2) is 30.3 Å². The molecule has 2 aliphatic heterocycles. The molecule has 0 unspecified atom stereocenters. The molecule has 168 valence electrons. The molecule has 32 heavy (non-hydrogen) atoms. The van der Waals surface area contributed by atoms with Gasteiger partial charge in [-0.25, -0.2) is 0 Å². The number of halogens is 1. The molecule has 2 aromatic rings. The summed E-state index contributed by atoms with van der Waals surface area (Å²) in [5.74, 6) is 0.830. The Morgan fingerprint density at radius 3 is 2.53 bits per heavy atom. The van der Waals surface area contributed by atoms with E-state index in [0.29, 0.717) is 48.7 Å². The first-order valence-corrected chi connectivity index (χ1v) is 10.4. The molecule has 0 aromatic heterocycles. The Balaban J connectivity index is 1.54. The number of nitro groups is 1. The van der Waals surface area contributed by atoms with Gasteiger partial charge in [-0.1, -0.05) is 11.6 Å². The van der Waals surface area contributed by atoms with Crippen molar-refractivity contribution in [3.63, 3.8) is 0 Å². The van der Waals surface area contributed by atoms with Gasteiger partial charge in [-0.15, -0.1) is 0 Å². The van der Waals surface area contributed by atoms with Crippen molar-refractivity contribution in [2.24, 2.45) is 0 Å². The van der Waals surface area contributed by atoms with Gasteiger partial charge in [0.15, 0.2) is 5.78 Å². The fourth-order valence-electron chi connectivity index (χ4n) is 4.21. The quantitative estimate of drug-likeness (QED) is 0.502. The highest BCUT2D eigenvalue weighted by molar-refractivity contribution is 6.33. The summed E-state index contributed by atoms with van der Waals surface area (Å²) in [6, 6.07) is 7.09. The molecule has 10 heteroatoms. The third kappa shape index (κ3) is 3.84. The van der Waals surface area contributed by atoms with Crippen LogP contribution in [0.1, 0.15) is 40.0 Å². The summed E-state index contributed by atoms with van der Waals surface area (Å²) in [7, 11) is 3.00. The minimum atomic E-state index is -0.745. The lowest BCUT2D eigenvalue weighted by atomic mass is 9.82. The molecule has 9 nitrogen and oxygen atoms in total. The van der Waals surface area contributed by atoms with E-state index in [1.807, 2.05) is 0 Å². The summed E-state index contributed by atoms with van der Waals surface area (Å²) in [6.45, 7) is 0.642. The Kier molecular flexibility index (Phi) is 5.68. The second-order valence-corrected chi connectivity index (χ2v) is 8.21. The summed E-state index contributed by atoms with van der Waals surface area (Å²) in [4.78, 5) is 38.0.